The maximum atomic E-state index is 11.6. The lowest BCUT2D eigenvalue weighted by Gasteiger charge is -1.97. The Kier molecular flexibility index (Phi) is 3.53. The molecule has 0 amide bonds. The number of aromatic nitrogens is 3. The first-order valence-corrected chi connectivity index (χ1v) is 6.79. The van der Waals surface area contributed by atoms with Crippen LogP contribution in [0.2, 0.25) is 10.0 Å². The maximum Gasteiger partial charge on any atom is 0.294 e. The molecule has 5 nitrogen and oxygen atoms in total. The van der Waals surface area contributed by atoms with Crippen LogP contribution in [-0.4, -0.2) is 15.4 Å². The van der Waals surface area contributed by atoms with Gasteiger partial charge in [0.1, 0.15) is 0 Å². The summed E-state index contributed by atoms with van der Waals surface area (Å²) in [4.78, 5) is 11.6. The Bertz CT molecular complexity index is 912. The van der Waals surface area contributed by atoms with Crippen LogP contribution in [-0.2, 0) is 0 Å². The van der Waals surface area contributed by atoms with Gasteiger partial charge in [-0.25, -0.2) is 5.10 Å². The van der Waals surface area contributed by atoms with E-state index < -0.39 is 0 Å². The van der Waals surface area contributed by atoms with Gasteiger partial charge in [0.2, 0.25) is 0 Å². The van der Waals surface area contributed by atoms with Crippen molar-refractivity contribution in [2.45, 2.75) is 6.92 Å². The second-order valence-corrected chi connectivity index (χ2v) is 5.23. The van der Waals surface area contributed by atoms with Crippen molar-refractivity contribution in [3.8, 4) is 0 Å². The van der Waals surface area contributed by atoms with Crippen molar-refractivity contribution in [1.82, 2.24) is 15.4 Å². The molecule has 3 aromatic rings. The van der Waals surface area contributed by atoms with Gasteiger partial charge < -0.3 is 4.52 Å². The Balaban J connectivity index is 2.05. The normalized spacial score (nSPS) is 11.6. The predicted octanol–water partition coefficient (Wildman–Crippen LogP) is 3.70. The highest BCUT2D eigenvalue weighted by Gasteiger charge is 2.12. The fourth-order valence-electron chi connectivity index (χ4n) is 1.95. The molecule has 21 heavy (non-hydrogen) atoms. The number of benzene rings is 1. The van der Waals surface area contributed by atoms with Gasteiger partial charge in [-0.3, -0.25) is 4.79 Å². The first-order valence-electron chi connectivity index (χ1n) is 6.04. The average molecular weight is 322 g/mol. The van der Waals surface area contributed by atoms with Crippen molar-refractivity contribution in [1.29, 1.82) is 0 Å². The van der Waals surface area contributed by atoms with Gasteiger partial charge in [0.05, 0.1) is 21.1 Å². The second-order valence-electron chi connectivity index (χ2n) is 4.42. The van der Waals surface area contributed by atoms with E-state index in [2.05, 4.69) is 15.4 Å². The predicted molar refractivity (Wildman–Crippen MR) is 82.6 cm³/mol. The number of hydrogen-bond acceptors (Lipinski definition) is 4. The molecule has 0 unspecified atom stereocenters. The number of aryl methyl sites for hydroxylation is 1. The van der Waals surface area contributed by atoms with Gasteiger partial charge in [-0.2, -0.15) is 5.10 Å². The molecule has 0 saturated heterocycles. The lowest BCUT2D eigenvalue weighted by Crippen LogP contribution is -2.09. The topological polar surface area (TPSA) is 71.8 Å². The van der Waals surface area contributed by atoms with Crippen molar-refractivity contribution in [2.75, 3.05) is 0 Å². The van der Waals surface area contributed by atoms with Crippen molar-refractivity contribution in [3.63, 3.8) is 0 Å². The lowest BCUT2D eigenvalue weighted by atomic mass is 10.1. The number of nitrogens with one attached hydrogen (secondary N) is 1. The van der Waals surface area contributed by atoms with Gasteiger partial charge in [-0.1, -0.05) is 40.5 Å². The van der Waals surface area contributed by atoms with E-state index in [1.807, 2.05) is 6.07 Å². The van der Waals surface area contributed by atoms with Crippen LogP contribution in [0.3, 0.4) is 0 Å². The van der Waals surface area contributed by atoms with E-state index in [4.69, 9.17) is 27.7 Å². The second kappa shape index (κ2) is 5.35. The lowest BCUT2D eigenvalue weighted by molar-refractivity contribution is 0.421. The van der Waals surface area contributed by atoms with E-state index in [0.717, 1.165) is 5.56 Å². The third kappa shape index (κ3) is 2.57. The van der Waals surface area contributed by atoms with Crippen molar-refractivity contribution in [3.05, 3.63) is 55.6 Å². The zero-order valence-corrected chi connectivity index (χ0v) is 12.4. The van der Waals surface area contributed by atoms with Crippen molar-refractivity contribution >= 4 is 46.3 Å². The smallest absolute Gasteiger partial charge is 0.294 e. The van der Waals surface area contributed by atoms with Crippen LogP contribution < -0.4 is 5.56 Å². The molecule has 0 fully saturated rings. The molecule has 0 bridgehead atoms. The van der Waals surface area contributed by atoms with Crippen LogP contribution in [0.25, 0.3) is 23.1 Å². The summed E-state index contributed by atoms with van der Waals surface area (Å²) >= 11 is 11.8. The van der Waals surface area contributed by atoms with Crippen LogP contribution in [0.1, 0.15) is 17.0 Å². The molecular formula is C14H9Cl2N3O2. The number of H-pyrrole nitrogens is 1. The number of rotatable bonds is 2. The van der Waals surface area contributed by atoms with Gasteiger partial charge >= 0.3 is 0 Å². The summed E-state index contributed by atoms with van der Waals surface area (Å²) in [5.41, 5.74) is 1.34. The van der Waals surface area contributed by atoms with E-state index in [0.29, 0.717) is 26.9 Å². The minimum atomic E-state index is -0.381. The molecule has 0 atom stereocenters. The van der Waals surface area contributed by atoms with Crippen molar-refractivity contribution < 1.29 is 4.52 Å². The zero-order valence-electron chi connectivity index (χ0n) is 10.9. The van der Waals surface area contributed by atoms with Gasteiger partial charge in [-0.05, 0) is 30.7 Å². The summed E-state index contributed by atoms with van der Waals surface area (Å²) in [6.07, 6.45) is 3.51. The van der Waals surface area contributed by atoms with E-state index in [1.165, 1.54) is 0 Å². The highest BCUT2D eigenvalue weighted by molar-refractivity contribution is 6.42. The Morgan fingerprint density at radius 3 is 2.81 bits per heavy atom. The molecule has 3 rings (SSSR count). The number of halogens is 2. The molecule has 1 N–H and O–H groups in total. The third-order valence-corrected chi connectivity index (χ3v) is 3.73. The number of aromatic amines is 1. The average Bonchev–Trinajstić information content (AvgIpc) is 2.89. The van der Waals surface area contributed by atoms with Gasteiger partial charge in [-0.15, -0.1) is 0 Å². The van der Waals surface area contributed by atoms with Crippen LogP contribution >= 0.6 is 23.2 Å². The summed E-state index contributed by atoms with van der Waals surface area (Å²) in [6.45, 7) is 1.77. The third-order valence-electron chi connectivity index (χ3n) is 2.99. The Morgan fingerprint density at radius 2 is 2.05 bits per heavy atom. The molecule has 0 aliphatic heterocycles. The Hall–Kier alpha value is -2.11. The molecule has 0 aliphatic carbocycles. The molecule has 2 heterocycles. The van der Waals surface area contributed by atoms with Crippen LogP contribution in [0.4, 0.5) is 0 Å². The van der Waals surface area contributed by atoms with E-state index >= 15 is 0 Å². The first-order chi connectivity index (χ1) is 10.1. The number of fused-ring (bicyclic) bond motifs is 1. The van der Waals surface area contributed by atoms with Crippen molar-refractivity contribution in [2.24, 2.45) is 0 Å². The minimum absolute atomic E-state index is 0.233. The first kappa shape index (κ1) is 13.9. The van der Waals surface area contributed by atoms with E-state index in [9.17, 15) is 4.79 Å². The fraction of sp³-hybridized carbons (Fsp3) is 0.0714. The summed E-state index contributed by atoms with van der Waals surface area (Å²) < 4.78 is 5.20. The maximum absolute atomic E-state index is 11.6. The highest BCUT2D eigenvalue weighted by Crippen LogP contribution is 2.24. The SMILES string of the molecule is Cc1n[nH]c(=O)c2noc(/C=C/c3ccc(Cl)c(Cl)c3)c12. The summed E-state index contributed by atoms with van der Waals surface area (Å²) in [5, 5.41) is 11.6. The molecule has 1 aromatic carbocycles. The van der Waals surface area contributed by atoms with Crippen LogP contribution in [0.15, 0.2) is 27.5 Å². The van der Waals surface area contributed by atoms with Gasteiger partial charge in [0.15, 0.2) is 11.3 Å². The van der Waals surface area contributed by atoms with E-state index in [-0.39, 0.29) is 11.1 Å². The zero-order chi connectivity index (χ0) is 15.0. The van der Waals surface area contributed by atoms with Crippen LogP contribution in [0, 0.1) is 6.92 Å². The molecule has 106 valence electrons. The standard InChI is InChI=1S/C14H9Cl2N3O2/c1-7-12-11(21-19-13(12)14(20)18-17-7)5-3-8-2-4-9(15)10(16)6-8/h2-6H,1H3,(H,18,20)/b5-3+. The molecular weight excluding hydrogens is 313 g/mol. The van der Waals surface area contributed by atoms with Gasteiger partial charge in [0, 0.05) is 0 Å². The Labute approximate surface area is 129 Å². The number of hydrogen-bond donors (Lipinski definition) is 1. The number of nitrogens with zero attached hydrogens (tertiary/aromatic N) is 2. The Morgan fingerprint density at radius 1 is 1.24 bits per heavy atom. The molecule has 0 saturated carbocycles. The largest absolute Gasteiger partial charge is 0.355 e. The van der Waals surface area contributed by atoms with Crippen LogP contribution in [0.5, 0.6) is 0 Å². The summed E-state index contributed by atoms with van der Waals surface area (Å²) in [6, 6.07) is 5.26. The molecule has 0 spiro atoms. The summed E-state index contributed by atoms with van der Waals surface area (Å²) in [5.74, 6) is 0.465. The molecule has 0 radical (unpaired) electrons. The monoisotopic (exact) mass is 321 g/mol. The summed E-state index contributed by atoms with van der Waals surface area (Å²) in [7, 11) is 0. The van der Waals surface area contributed by atoms with Gasteiger partial charge in [0.25, 0.3) is 5.56 Å². The molecule has 0 aliphatic rings. The molecule has 2 aromatic heterocycles. The van der Waals surface area contributed by atoms with E-state index in [1.54, 1.807) is 31.2 Å². The highest BCUT2D eigenvalue weighted by atomic mass is 35.5. The molecule has 7 heteroatoms. The quantitative estimate of drug-likeness (QED) is 0.781. The fourth-order valence-corrected chi connectivity index (χ4v) is 2.26. The minimum Gasteiger partial charge on any atom is -0.355 e.